The van der Waals surface area contributed by atoms with Gasteiger partial charge in [0.25, 0.3) is 0 Å². The number of rotatable bonds is 8. The molecule has 1 saturated carbocycles. The highest BCUT2D eigenvalue weighted by atomic mass is 16.1. The van der Waals surface area contributed by atoms with Crippen LogP contribution in [0.1, 0.15) is 98.2 Å². The summed E-state index contributed by atoms with van der Waals surface area (Å²) in [5.41, 5.74) is 0. The zero-order valence-corrected chi connectivity index (χ0v) is 20.7. The number of anilines is 1. The molecule has 2 unspecified atom stereocenters. The van der Waals surface area contributed by atoms with E-state index in [1.807, 2.05) is 20.0 Å². The van der Waals surface area contributed by atoms with Gasteiger partial charge in [-0.15, -0.1) is 0 Å². The number of ketones is 1. The lowest BCUT2D eigenvalue weighted by molar-refractivity contribution is -0.123. The van der Waals surface area contributed by atoms with Gasteiger partial charge in [0.2, 0.25) is 0 Å². The number of aromatic nitrogens is 2. The average molecular weight is 429 g/mol. The molecule has 0 N–H and O–H groups in total. The summed E-state index contributed by atoms with van der Waals surface area (Å²) in [5.74, 6) is 3.69. The molecule has 1 aromatic rings. The molecule has 1 aromatic heterocycles. The van der Waals surface area contributed by atoms with Crippen molar-refractivity contribution in [1.82, 2.24) is 14.9 Å². The molecule has 2 aliphatic rings. The molecule has 3 rings (SSSR count). The first-order chi connectivity index (χ1) is 14.8. The zero-order chi connectivity index (χ0) is 22.5. The van der Waals surface area contributed by atoms with Crippen LogP contribution in [0.3, 0.4) is 0 Å². The lowest BCUT2D eigenvalue weighted by atomic mass is 9.78. The van der Waals surface area contributed by atoms with Crippen LogP contribution < -0.4 is 4.90 Å². The predicted octanol–water partition coefficient (Wildman–Crippen LogP) is 5.45. The highest BCUT2D eigenvalue weighted by Crippen LogP contribution is 2.37. The quantitative estimate of drug-likeness (QED) is 0.551. The van der Waals surface area contributed by atoms with Crippen LogP contribution >= 0.6 is 0 Å². The van der Waals surface area contributed by atoms with E-state index in [9.17, 15) is 4.79 Å². The summed E-state index contributed by atoms with van der Waals surface area (Å²) in [5, 5.41) is 0. The van der Waals surface area contributed by atoms with Gasteiger partial charge >= 0.3 is 0 Å². The highest BCUT2D eigenvalue weighted by molar-refractivity contribution is 5.80. The summed E-state index contributed by atoms with van der Waals surface area (Å²) in [6, 6.07) is 3.71. The molecule has 174 valence electrons. The van der Waals surface area contributed by atoms with Crippen LogP contribution in [0.4, 0.5) is 5.82 Å². The predicted molar refractivity (Wildman–Crippen MR) is 129 cm³/mol. The maximum atomic E-state index is 12.1. The topological polar surface area (TPSA) is 49.3 Å². The summed E-state index contributed by atoms with van der Waals surface area (Å²) >= 11 is 0. The number of hydrogen-bond donors (Lipinski definition) is 0. The van der Waals surface area contributed by atoms with E-state index in [1.165, 1.54) is 0 Å². The Hall–Kier alpha value is -1.49. The molecule has 1 aliphatic heterocycles. The second-order valence-corrected chi connectivity index (χ2v) is 10.4. The molecule has 5 heteroatoms. The zero-order valence-electron chi connectivity index (χ0n) is 20.7. The molecule has 1 saturated heterocycles. The maximum absolute atomic E-state index is 12.1. The van der Waals surface area contributed by atoms with E-state index in [1.54, 1.807) is 0 Å². The molecule has 2 heterocycles. The van der Waals surface area contributed by atoms with Crippen molar-refractivity contribution in [2.45, 2.75) is 111 Å². The van der Waals surface area contributed by atoms with Gasteiger partial charge in [0.15, 0.2) is 0 Å². The van der Waals surface area contributed by atoms with Crippen molar-refractivity contribution in [3.63, 3.8) is 0 Å². The van der Waals surface area contributed by atoms with E-state index < -0.39 is 0 Å². The SMILES string of the molecule is CCC1CN(C(C)C)CC(CC)N1c1ccnc(C2CCC(CC(=O)C(C)C)CC2)n1. The van der Waals surface area contributed by atoms with Crippen LogP contribution in [0, 0.1) is 11.8 Å². The number of carbonyl (C=O) groups is 1. The number of carbonyl (C=O) groups excluding carboxylic acids is 1. The fraction of sp³-hybridized carbons (Fsp3) is 0.808. The molecular weight excluding hydrogens is 384 g/mol. The molecular formula is C26H44N4O. The van der Waals surface area contributed by atoms with Gasteiger partial charge in [0.05, 0.1) is 0 Å². The summed E-state index contributed by atoms with van der Waals surface area (Å²) in [4.78, 5) is 27.2. The van der Waals surface area contributed by atoms with E-state index in [2.05, 4.69) is 43.6 Å². The highest BCUT2D eigenvalue weighted by Gasteiger charge is 2.35. The van der Waals surface area contributed by atoms with Crippen LogP contribution in [-0.4, -0.2) is 51.9 Å². The fourth-order valence-electron chi connectivity index (χ4n) is 5.39. The molecule has 5 nitrogen and oxygen atoms in total. The summed E-state index contributed by atoms with van der Waals surface area (Å²) in [7, 11) is 0. The molecule has 0 spiro atoms. The molecule has 0 radical (unpaired) electrons. The standard InChI is InChI=1S/C26H44N4O/c1-7-22-16-29(19(5)6)17-23(8-2)30(22)25-13-14-27-26(28-25)21-11-9-20(10-12-21)15-24(31)18(3)4/h13-14,18-23H,7-12,15-17H2,1-6H3. The summed E-state index contributed by atoms with van der Waals surface area (Å²) in [6.45, 7) is 15.5. The van der Waals surface area contributed by atoms with Crippen molar-refractivity contribution in [2.24, 2.45) is 11.8 Å². The largest absolute Gasteiger partial charge is 0.348 e. The van der Waals surface area contributed by atoms with Crippen LogP contribution in [-0.2, 0) is 4.79 Å². The van der Waals surface area contributed by atoms with Crippen molar-refractivity contribution in [3.05, 3.63) is 18.1 Å². The van der Waals surface area contributed by atoms with E-state index >= 15 is 0 Å². The van der Waals surface area contributed by atoms with Crippen molar-refractivity contribution in [3.8, 4) is 0 Å². The summed E-state index contributed by atoms with van der Waals surface area (Å²) in [6.07, 6.45) is 9.45. The smallest absolute Gasteiger partial charge is 0.135 e. The van der Waals surface area contributed by atoms with Crippen LogP contribution in [0.15, 0.2) is 12.3 Å². The van der Waals surface area contributed by atoms with Gasteiger partial charge in [-0.25, -0.2) is 9.97 Å². The average Bonchev–Trinajstić information content (AvgIpc) is 2.78. The molecule has 0 aromatic carbocycles. The van der Waals surface area contributed by atoms with Crippen molar-refractivity contribution in [2.75, 3.05) is 18.0 Å². The number of Topliss-reactive ketones (excluding diaryl/α,β-unsaturated/α-hetero) is 1. The van der Waals surface area contributed by atoms with E-state index in [0.717, 1.165) is 69.7 Å². The van der Waals surface area contributed by atoms with Crippen LogP contribution in [0.5, 0.6) is 0 Å². The lowest BCUT2D eigenvalue weighted by Gasteiger charge is -2.48. The van der Waals surface area contributed by atoms with Gasteiger partial charge in [0, 0.05) is 55.7 Å². The first-order valence-electron chi connectivity index (χ1n) is 12.7. The number of piperazine rings is 1. The third-order valence-electron chi connectivity index (χ3n) is 7.62. The Morgan fingerprint density at radius 3 is 2.16 bits per heavy atom. The van der Waals surface area contributed by atoms with Crippen LogP contribution in [0.2, 0.25) is 0 Å². The lowest BCUT2D eigenvalue weighted by Crippen LogP contribution is -2.60. The van der Waals surface area contributed by atoms with Crippen molar-refractivity contribution >= 4 is 11.6 Å². The normalized spacial score (nSPS) is 27.8. The Morgan fingerprint density at radius 1 is 1.03 bits per heavy atom. The van der Waals surface area contributed by atoms with Gasteiger partial charge in [-0.2, -0.15) is 0 Å². The minimum atomic E-state index is 0.159. The maximum Gasteiger partial charge on any atom is 0.135 e. The molecule has 31 heavy (non-hydrogen) atoms. The summed E-state index contributed by atoms with van der Waals surface area (Å²) < 4.78 is 0. The Kier molecular flexibility index (Phi) is 8.49. The van der Waals surface area contributed by atoms with Crippen molar-refractivity contribution < 1.29 is 4.79 Å². The van der Waals surface area contributed by atoms with Gasteiger partial charge in [-0.1, -0.05) is 27.7 Å². The molecule has 2 fully saturated rings. The van der Waals surface area contributed by atoms with Crippen molar-refractivity contribution in [1.29, 1.82) is 0 Å². The molecule has 0 bridgehead atoms. The van der Waals surface area contributed by atoms with E-state index in [0.29, 0.717) is 35.7 Å². The molecule has 2 atom stereocenters. The number of nitrogens with zero attached hydrogens (tertiary/aromatic N) is 4. The van der Waals surface area contributed by atoms with E-state index in [-0.39, 0.29) is 5.92 Å². The first-order valence-corrected chi connectivity index (χ1v) is 12.7. The third-order valence-corrected chi connectivity index (χ3v) is 7.62. The fourth-order valence-corrected chi connectivity index (χ4v) is 5.39. The Morgan fingerprint density at radius 2 is 1.65 bits per heavy atom. The van der Waals surface area contributed by atoms with Gasteiger partial charge in [-0.05, 0) is 64.4 Å². The van der Waals surface area contributed by atoms with Gasteiger partial charge in [0.1, 0.15) is 17.4 Å². The molecule has 1 aliphatic carbocycles. The number of hydrogen-bond acceptors (Lipinski definition) is 5. The molecule has 0 amide bonds. The Bertz CT molecular complexity index is 697. The van der Waals surface area contributed by atoms with Gasteiger partial charge in [-0.3, -0.25) is 9.69 Å². The minimum absolute atomic E-state index is 0.159. The minimum Gasteiger partial charge on any atom is -0.348 e. The monoisotopic (exact) mass is 428 g/mol. The van der Waals surface area contributed by atoms with Gasteiger partial charge < -0.3 is 4.90 Å². The van der Waals surface area contributed by atoms with Crippen LogP contribution in [0.25, 0.3) is 0 Å². The second-order valence-electron chi connectivity index (χ2n) is 10.4. The second kappa shape index (κ2) is 10.9. The Balaban J connectivity index is 1.70. The first kappa shape index (κ1) is 24.2. The van der Waals surface area contributed by atoms with E-state index in [4.69, 9.17) is 9.97 Å². The Labute approximate surface area is 190 Å². The third kappa shape index (κ3) is 5.85.